The number of alkyl halides is 4. The van der Waals surface area contributed by atoms with E-state index in [1.165, 1.54) is 39.1 Å². The molecule has 15 heteroatoms. The maximum absolute atomic E-state index is 16.3. The zero-order valence-electron chi connectivity index (χ0n) is 25.2. The van der Waals surface area contributed by atoms with E-state index in [9.17, 15) is 13.2 Å². The summed E-state index contributed by atoms with van der Waals surface area (Å²) < 4.78 is 82.3. The van der Waals surface area contributed by atoms with Gasteiger partial charge in [0.1, 0.15) is 29.1 Å². The van der Waals surface area contributed by atoms with E-state index in [1.54, 1.807) is 0 Å². The summed E-state index contributed by atoms with van der Waals surface area (Å²) in [6.45, 7) is 4.52. The number of aryl methyl sites for hydroxylation is 1. The lowest BCUT2D eigenvalue weighted by Crippen LogP contribution is -2.51. The van der Waals surface area contributed by atoms with Crippen LogP contribution in [0.5, 0.6) is 11.8 Å². The molecule has 0 amide bonds. The molecule has 46 heavy (non-hydrogen) atoms. The molecule has 9 nitrogen and oxygen atoms in total. The van der Waals surface area contributed by atoms with Gasteiger partial charge in [-0.1, -0.05) is 0 Å². The molecule has 2 aromatic heterocycles. The number of rotatable bonds is 5. The van der Waals surface area contributed by atoms with Crippen LogP contribution in [0.4, 0.5) is 27.8 Å². The Morgan fingerprint density at radius 3 is 2.48 bits per heavy atom. The Hall–Kier alpha value is -3.49. The van der Waals surface area contributed by atoms with Crippen LogP contribution in [0.15, 0.2) is 18.3 Å². The van der Waals surface area contributed by atoms with Gasteiger partial charge in [0.15, 0.2) is 5.82 Å². The molecule has 4 fully saturated rings. The molecule has 2 aromatic carbocycles. The fraction of sp³-hybridized carbons (Fsp3) is 0.516. The quantitative estimate of drug-likeness (QED) is 0.196. The maximum atomic E-state index is 16.3. The van der Waals surface area contributed by atoms with Crippen molar-refractivity contribution in [3.63, 3.8) is 0 Å². The van der Waals surface area contributed by atoms with Crippen LogP contribution in [0.3, 0.4) is 0 Å². The molecule has 4 atom stereocenters. The minimum Gasteiger partial charge on any atom is -0.467 e. The lowest BCUT2D eigenvalue weighted by atomic mass is 9.95. The van der Waals surface area contributed by atoms with Crippen LogP contribution >= 0.6 is 11.6 Å². The highest BCUT2D eigenvalue weighted by Crippen LogP contribution is 2.46. The lowest BCUT2D eigenvalue weighted by molar-refractivity contribution is -0.0964. The minimum atomic E-state index is -4.12. The van der Waals surface area contributed by atoms with Crippen molar-refractivity contribution in [1.29, 1.82) is 0 Å². The summed E-state index contributed by atoms with van der Waals surface area (Å²) in [5.74, 6) is -2.23. The molecule has 4 saturated heterocycles. The number of nitrogens with one attached hydrogen (secondary N) is 2. The van der Waals surface area contributed by atoms with Crippen LogP contribution in [0.25, 0.3) is 32.9 Å². The summed E-state index contributed by atoms with van der Waals surface area (Å²) in [6.07, 6.45) is 6.08. The number of halogens is 6. The Balaban J connectivity index is 0.000000321. The second-order valence-corrected chi connectivity index (χ2v) is 12.9. The van der Waals surface area contributed by atoms with Crippen LogP contribution < -0.4 is 19.7 Å². The fourth-order valence-electron chi connectivity index (χ4n) is 7.42. The van der Waals surface area contributed by atoms with E-state index in [4.69, 9.17) is 21.1 Å². The number of anilines is 1. The first-order chi connectivity index (χ1) is 22.0. The van der Waals surface area contributed by atoms with Gasteiger partial charge in [-0.15, -0.1) is 8.78 Å². The van der Waals surface area contributed by atoms with E-state index in [1.807, 2.05) is 4.90 Å². The molecule has 246 valence electrons. The van der Waals surface area contributed by atoms with E-state index in [-0.39, 0.29) is 45.5 Å². The van der Waals surface area contributed by atoms with Crippen molar-refractivity contribution < 1.29 is 31.4 Å². The molecular weight excluding hydrogens is 633 g/mol. The molecule has 0 saturated carbocycles. The average Bonchev–Trinajstić information content (AvgIpc) is 3.79. The summed E-state index contributed by atoms with van der Waals surface area (Å²) >= 11 is 5.06. The molecule has 2 N–H and O–H groups in total. The summed E-state index contributed by atoms with van der Waals surface area (Å²) in [5.41, 5.74) is -4.67. The highest BCUT2D eigenvalue weighted by atomic mass is 35.5. The minimum absolute atomic E-state index is 0.105. The fourth-order valence-corrected chi connectivity index (χ4v) is 7.50. The standard InChI is InChI=1S/C24H21ClF4N6O2.C7H12FN/c1-10-5-16-14(7-30-34-16)17(21(10)37-24(25,28)29)18-15(26)6-13-20(19(18)27)32-23(36-2)33-22(13)35-8-11-3-4-12(9-35)31-11;8-6-4-7-2-1-3-9(7)5-6/h5-7,11-12,31H,3-4,8-9H2,1-2H3,(H,30,34);6-7H,1-5H2. The predicted octanol–water partition coefficient (Wildman–Crippen LogP) is 6.07. The lowest BCUT2D eigenvalue weighted by Gasteiger charge is -2.34. The summed E-state index contributed by atoms with van der Waals surface area (Å²) in [4.78, 5) is 12.8. The van der Waals surface area contributed by atoms with Gasteiger partial charge in [0.05, 0.1) is 24.4 Å². The van der Waals surface area contributed by atoms with E-state index >= 15 is 8.78 Å². The largest absolute Gasteiger partial charge is 0.487 e. The van der Waals surface area contributed by atoms with Gasteiger partial charge >= 0.3 is 11.6 Å². The van der Waals surface area contributed by atoms with Gasteiger partial charge in [-0.05, 0) is 63.3 Å². The number of aromatic nitrogens is 4. The molecule has 4 unspecified atom stereocenters. The van der Waals surface area contributed by atoms with Crippen molar-refractivity contribution >= 4 is 39.2 Å². The van der Waals surface area contributed by atoms with Gasteiger partial charge < -0.3 is 19.7 Å². The molecule has 2 bridgehead atoms. The Morgan fingerprint density at radius 1 is 1.02 bits per heavy atom. The van der Waals surface area contributed by atoms with Gasteiger partial charge in [-0.2, -0.15) is 15.1 Å². The number of benzene rings is 2. The first kappa shape index (κ1) is 31.1. The van der Waals surface area contributed by atoms with Gasteiger partial charge in [0.25, 0.3) is 0 Å². The van der Waals surface area contributed by atoms with Crippen molar-refractivity contribution in [2.24, 2.45) is 0 Å². The van der Waals surface area contributed by atoms with E-state index in [0.29, 0.717) is 37.0 Å². The normalized spacial score (nSPS) is 24.4. The number of fused-ring (bicyclic) bond motifs is 5. The van der Waals surface area contributed by atoms with Crippen LogP contribution in [-0.4, -0.2) is 88.2 Å². The number of nitrogens with zero attached hydrogens (tertiary/aromatic N) is 5. The van der Waals surface area contributed by atoms with E-state index in [0.717, 1.165) is 31.9 Å². The first-order valence-corrected chi connectivity index (χ1v) is 15.7. The third-order valence-electron chi connectivity index (χ3n) is 9.35. The average molecular weight is 666 g/mol. The number of hydrogen-bond donors (Lipinski definition) is 2. The maximum Gasteiger partial charge on any atom is 0.487 e. The van der Waals surface area contributed by atoms with Crippen molar-refractivity contribution in [2.45, 2.75) is 68.9 Å². The highest BCUT2D eigenvalue weighted by molar-refractivity contribution is 6.21. The Morgan fingerprint density at radius 2 is 1.78 bits per heavy atom. The van der Waals surface area contributed by atoms with Gasteiger partial charge in [-0.3, -0.25) is 10.00 Å². The number of hydrogen-bond acceptors (Lipinski definition) is 8. The molecule has 4 aliphatic rings. The molecule has 8 rings (SSSR count). The van der Waals surface area contributed by atoms with Crippen LogP contribution in [0.2, 0.25) is 0 Å². The monoisotopic (exact) mass is 665 g/mol. The van der Waals surface area contributed by atoms with Crippen molar-refractivity contribution in [1.82, 2.24) is 30.4 Å². The zero-order chi connectivity index (χ0) is 32.3. The predicted molar refractivity (Wildman–Crippen MR) is 164 cm³/mol. The van der Waals surface area contributed by atoms with Gasteiger partial charge in [0, 0.05) is 65.7 Å². The Kier molecular flexibility index (Phi) is 8.08. The number of methoxy groups -OCH3 is 1. The summed E-state index contributed by atoms with van der Waals surface area (Å²) in [5, 5.41) is 10.4. The number of piperazine rings is 1. The van der Waals surface area contributed by atoms with Gasteiger partial charge in [-0.25, -0.2) is 13.2 Å². The SMILES string of the molecule is COc1nc(N2CC3CCC(C2)N3)c2cc(F)c(-c3c(OC(F)(F)Cl)c(C)cc4[nH]ncc34)c(F)c2n1.FC1CC2CCCN2C1. The first-order valence-electron chi connectivity index (χ1n) is 15.3. The molecular formula is C31H33ClF5N7O2. The molecule has 4 aliphatic heterocycles. The van der Waals surface area contributed by atoms with Gasteiger partial charge in [0.2, 0.25) is 0 Å². The summed E-state index contributed by atoms with van der Waals surface area (Å²) in [7, 11) is 1.35. The number of H-pyrrole nitrogens is 1. The van der Waals surface area contributed by atoms with Crippen molar-refractivity contribution in [2.75, 3.05) is 38.2 Å². The Bertz CT molecular complexity index is 1760. The highest BCUT2D eigenvalue weighted by Gasteiger charge is 2.37. The zero-order valence-corrected chi connectivity index (χ0v) is 26.0. The number of aromatic amines is 1. The van der Waals surface area contributed by atoms with E-state index in [2.05, 4.69) is 30.4 Å². The topological polar surface area (TPSA) is 91.4 Å². The Labute approximate surface area is 266 Å². The molecule has 0 radical (unpaired) electrons. The molecule has 6 heterocycles. The smallest absolute Gasteiger partial charge is 0.467 e. The third-order valence-corrected chi connectivity index (χ3v) is 9.43. The summed E-state index contributed by atoms with van der Waals surface area (Å²) in [6, 6.07) is 3.57. The second kappa shape index (κ2) is 11.9. The van der Waals surface area contributed by atoms with Crippen LogP contribution in [0, 0.1) is 18.6 Å². The molecule has 0 spiro atoms. The van der Waals surface area contributed by atoms with Crippen molar-refractivity contribution in [3.8, 4) is 22.9 Å². The van der Waals surface area contributed by atoms with Crippen LogP contribution in [-0.2, 0) is 0 Å². The molecule has 4 aromatic rings. The third kappa shape index (κ3) is 5.79. The number of ether oxygens (including phenoxy) is 2. The van der Waals surface area contributed by atoms with E-state index < -0.39 is 34.7 Å². The van der Waals surface area contributed by atoms with Crippen molar-refractivity contribution in [3.05, 3.63) is 35.5 Å². The van der Waals surface area contributed by atoms with Crippen LogP contribution in [0.1, 0.15) is 37.7 Å². The second-order valence-electron chi connectivity index (χ2n) is 12.4. The molecule has 0 aliphatic carbocycles.